The van der Waals surface area contributed by atoms with E-state index in [2.05, 4.69) is 5.32 Å². The Labute approximate surface area is 112 Å². The minimum absolute atomic E-state index is 0.120. The van der Waals surface area contributed by atoms with Crippen LogP contribution in [0.2, 0.25) is 0 Å². The summed E-state index contributed by atoms with van der Waals surface area (Å²) in [6.07, 6.45) is 0.290. The number of carbonyl (C=O) groups excluding carboxylic acids is 2. The molecular formula is C13H20N4O2. The molecular weight excluding hydrogens is 244 g/mol. The predicted octanol–water partition coefficient (Wildman–Crippen LogP) is 0.323. The van der Waals surface area contributed by atoms with E-state index in [-0.39, 0.29) is 18.9 Å². The second-order valence-electron chi connectivity index (χ2n) is 4.52. The topological polar surface area (TPSA) is 101 Å². The number of primary amides is 1. The molecule has 2 amide bonds. The maximum Gasteiger partial charge on any atom is 0.231 e. The molecule has 104 valence electrons. The number of amides is 2. The minimum Gasteiger partial charge on any atom is -0.398 e. The van der Waals surface area contributed by atoms with Crippen molar-refractivity contribution in [3.8, 4) is 0 Å². The molecule has 0 aliphatic carbocycles. The third-order valence-corrected chi connectivity index (χ3v) is 2.80. The molecule has 19 heavy (non-hydrogen) atoms. The van der Waals surface area contributed by atoms with Gasteiger partial charge in [-0.15, -0.1) is 0 Å². The predicted molar refractivity (Wildman–Crippen MR) is 75.5 cm³/mol. The van der Waals surface area contributed by atoms with E-state index in [0.29, 0.717) is 17.9 Å². The smallest absolute Gasteiger partial charge is 0.231 e. The SMILES string of the molecule is Cc1c(N)cccc1NC(=O)CCN(C)CC(N)=O. The number of nitrogens with one attached hydrogen (secondary N) is 1. The Kier molecular flexibility index (Phi) is 5.32. The van der Waals surface area contributed by atoms with Gasteiger partial charge in [-0.05, 0) is 31.7 Å². The number of likely N-dealkylation sites (N-methyl/N-ethyl adjacent to an activating group) is 1. The highest BCUT2D eigenvalue weighted by atomic mass is 16.2. The number of nitrogens with zero attached hydrogens (tertiary/aromatic N) is 1. The molecule has 0 radical (unpaired) electrons. The van der Waals surface area contributed by atoms with Gasteiger partial charge >= 0.3 is 0 Å². The van der Waals surface area contributed by atoms with E-state index >= 15 is 0 Å². The minimum atomic E-state index is -0.408. The molecule has 1 aromatic carbocycles. The molecule has 5 N–H and O–H groups in total. The molecule has 0 fully saturated rings. The van der Waals surface area contributed by atoms with Gasteiger partial charge in [-0.25, -0.2) is 0 Å². The fourth-order valence-corrected chi connectivity index (χ4v) is 1.64. The van der Waals surface area contributed by atoms with Crippen molar-refractivity contribution in [3.05, 3.63) is 23.8 Å². The van der Waals surface area contributed by atoms with Crippen LogP contribution in [0, 0.1) is 6.92 Å². The van der Waals surface area contributed by atoms with E-state index in [9.17, 15) is 9.59 Å². The van der Waals surface area contributed by atoms with Gasteiger partial charge in [0.2, 0.25) is 11.8 Å². The lowest BCUT2D eigenvalue weighted by Crippen LogP contribution is -2.32. The molecule has 0 aliphatic rings. The Morgan fingerprint density at radius 2 is 2.05 bits per heavy atom. The number of nitrogen functional groups attached to an aromatic ring is 1. The molecule has 6 heteroatoms. The van der Waals surface area contributed by atoms with Crippen LogP contribution in [0.25, 0.3) is 0 Å². The van der Waals surface area contributed by atoms with E-state index in [0.717, 1.165) is 5.56 Å². The Morgan fingerprint density at radius 3 is 2.68 bits per heavy atom. The largest absolute Gasteiger partial charge is 0.398 e. The van der Waals surface area contributed by atoms with Gasteiger partial charge in [0, 0.05) is 24.3 Å². The van der Waals surface area contributed by atoms with Gasteiger partial charge in [0.15, 0.2) is 0 Å². The summed E-state index contributed by atoms with van der Waals surface area (Å²) in [5.74, 6) is -0.528. The van der Waals surface area contributed by atoms with Crippen LogP contribution in [-0.4, -0.2) is 36.9 Å². The first kappa shape index (κ1) is 15.0. The highest BCUT2D eigenvalue weighted by Crippen LogP contribution is 2.20. The zero-order valence-electron chi connectivity index (χ0n) is 11.3. The van der Waals surface area contributed by atoms with Crippen LogP contribution in [0.1, 0.15) is 12.0 Å². The van der Waals surface area contributed by atoms with Crippen molar-refractivity contribution in [1.29, 1.82) is 0 Å². The lowest BCUT2D eigenvalue weighted by molar-refractivity contribution is -0.120. The Bertz CT molecular complexity index is 474. The number of rotatable bonds is 6. The van der Waals surface area contributed by atoms with Crippen molar-refractivity contribution in [2.45, 2.75) is 13.3 Å². The molecule has 6 nitrogen and oxygen atoms in total. The average molecular weight is 264 g/mol. The first-order valence-corrected chi connectivity index (χ1v) is 6.02. The summed E-state index contributed by atoms with van der Waals surface area (Å²) in [6.45, 7) is 2.46. The summed E-state index contributed by atoms with van der Waals surface area (Å²) in [6, 6.07) is 5.37. The molecule has 0 saturated heterocycles. The summed E-state index contributed by atoms with van der Waals surface area (Å²) in [5.41, 5.74) is 13.0. The quantitative estimate of drug-likeness (QED) is 0.644. The molecule has 1 rings (SSSR count). The van der Waals surface area contributed by atoms with Crippen molar-refractivity contribution in [1.82, 2.24) is 4.90 Å². The monoisotopic (exact) mass is 264 g/mol. The zero-order valence-corrected chi connectivity index (χ0v) is 11.3. The number of hydrogen-bond donors (Lipinski definition) is 3. The van der Waals surface area contributed by atoms with Crippen molar-refractivity contribution in [2.75, 3.05) is 31.2 Å². The van der Waals surface area contributed by atoms with Crippen LogP contribution < -0.4 is 16.8 Å². The lowest BCUT2D eigenvalue weighted by atomic mass is 10.1. The number of benzene rings is 1. The highest BCUT2D eigenvalue weighted by molar-refractivity contribution is 5.92. The van der Waals surface area contributed by atoms with E-state index in [1.807, 2.05) is 6.92 Å². The van der Waals surface area contributed by atoms with Gasteiger partial charge in [0.05, 0.1) is 6.54 Å². The van der Waals surface area contributed by atoms with Gasteiger partial charge in [-0.3, -0.25) is 14.5 Å². The molecule has 0 aromatic heterocycles. The lowest BCUT2D eigenvalue weighted by Gasteiger charge is -2.15. The van der Waals surface area contributed by atoms with E-state index in [1.165, 1.54) is 0 Å². The van der Waals surface area contributed by atoms with E-state index in [1.54, 1.807) is 30.1 Å². The number of hydrogen-bond acceptors (Lipinski definition) is 4. The summed E-state index contributed by atoms with van der Waals surface area (Å²) in [5, 5.41) is 2.80. The molecule has 0 heterocycles. The van der Waals surface area contributed by atoms with Crippen molar-refractivity contribution in [3.63, 3.8) is 0 Å². The van der Waals surface area contributed by atoms with Gasteiger partial charge in [0.1, 0.15) is 0 Å². The van der Waals surface area contributed by atoms with Gasteiger partial charge in [-0.1, -0.05) is 6.07 Å². The molecule has 0 unspecified atom stereocenters. The number of nitrogens with two attached hydrogens (primary N) is 2. The molecule has 0 atom stereocenters. The maximum atomic E-state index is 11.8. The van der Waals surface area contributed by atoms with Crippen LogP contribution in [-0.2, 0) is 9.59 Å². The Morgan fingerprint density at radius 1 is 1.37 bits per heavy atom. The van der Waals surface area contributed by atoms with Crippen molar-refractivity contribution >= 4 is 23.2 Å². The van der Waals surface area contributed by atoms with Gasteiger partial charge < -0.3 is 16.8 Å². The first-order valence-electron chi connectivity index (χ1n) is 6.02. The van der Waals surface area contributed by atoms with E-state index in [4.69, 9.17) is 11.5 Å². The number of anilines is 2. The fraction of sp³-hybridized carbons (Fsp3) is 0.385. The summed E-state index contributed by atoms with van der Waals surface area (Å²) >= 11 is 0. The molecule has 1 aromatic rings. The second kappa shape index (κ2) is 6.75. The normalized spacial score (nSPS) is 10.5. The average Bonchev–Trinajstić information content (AvgIpc) is 2.32. The summed E-state index contributed by atoms with van der Waals surface area (Å²) < 4.78 is 0. The van der Waals surface area contributed by atoms with Gasteiger partial charge in [0.25, 0.3) is 0 Å². The Hall–Kier alpha value is -2.08. The van der Waals surface area contributed by atoms with Crippen LogP contribution in [0.4, 0.5) is 11.4 Å². The fourth-order valence-electron chi connectivity index (χ4n) is 1.64. The maximum absolute atomic E-state index is 11.8. The Balaban J connectivity index is 2.47. The van der Waals surface area contributed by atoms with Crippen LogP contribution in [0.15, 0.2) is 18.2 Å². The highest BCUT2D eigenvalue weighted by Gasteiger charge is 2.08. The standard InChI is InChI=1S/C13H20N4O2/c1-9-10(14)4-3-5-11(9)16-13(19)6-7-17(2)8-12(15)18/h3-5H,6-8,14H2,1-2H3,(H2,15,18)(H,16,19). The van der Waals surface area contributed by atoms with Crippen LogP contribution in [0.3, 0.4) is 0 Å². The summed E-state index contributed by atoms with van der Waals surface area (Å²) in [7, 11) is 1.74. The molecule has 0 saturated carbocycles. The molecule has 0 bridgehead atoms. The molecule has 0 aliphatic heterocycles. The second-order valence-corrected chi connectivity index (χ2v) is 4.52. The first-order chi connectivity index (χ1) is 8.90. The third-order valence-electron chi connectivity index (χ3n) is 2.80. The van der Waals surface area contributed by atoms with Crippen molar-refractivity contribution < 1.29 is 9.59 Å². The zero-order chi connectivity index (χ0) is 14.4. The van der Waals surface area contributed by atoms with Crippen molar-refractivity contribution in [2.24, 2.45) is 5.73 Å². The molecule has 0 spiro atoms. The van der Waals surface area contributed by atoms with E-state index < -0.39 is 5.91 Å². The van der Waals surface area contributed by atoms with Crippen LogP contribution >= 0.6 is 0 Å². The van der Waals surface area contributed by atoms with Gasteiger partial charge in [-0.2, -0.15) is 0 Å². The third kappa shape index (κ3) is 4.97. The van der Waals surface area contributed by atoms with Crippen LogP contribution in [0.5, 0.6) is 0 Å². The summed E-state index contributed by atoms with van der Waals surface area (Å²) in [4.78, 5) is 24.2. The number of carbonyl (C=O) groups is 2.